The lowest BCUT2D eigenvalue weighted by Crippen LogP contribution is -2.22. The van der Waals surface area contributed by atoms with E-state index in [0.717, 1.165) is 35.2 Å². The van der Waals surface area contributed by atoms with Crippen LogP contribution in [0.4, 0.5) is 11.5 Å². The summed E-state index contributed by atoms with van der Waals surface area (Å²) < 4.78 is 0. The first-order valence-corrected chi connectivity index (χ1v) is 9.67. The highest BCUT2D eigenvalue weighted by molar-refractivity contribution is 6.09. The average Bonchev–Trinajstić information content (AvgIpc) is 3.03. The van der Waals surface area contributed by atoms with Crippen molar-refractivity contribution in [1.29, 1.82) is 0 Å². The summed E-state index contributed by atoms with van der Waals surface area (Å²) in [6, 6.07) is 15.5. The second kappa shape index (κ2) is 7.47. The van der Waals surface area contributed by atoms with Crippen LogP contribution < -0.4 is 10.6 Å². The highest BCUT2D eigenvalue weighted by Gasteiger charge is 2.35. The summed E-state index contributed by atoms with van der Waals surface area (Å²) in [5.74, 6) is 0.00267. The number of rotatable bonds is 5. The van der Waals surface area contributed by atoms with E-state index < -0.39 is 5.91 Å². The van der Waals surface area contributed by atoms with Gasteiger partial charge >= 0.3 is 0 Å². The molecule has 0 radical (unpaired) electrons. The Morgan fingerprint density at radius 3 is 2.59 bits per heavy atom. The van der Waals surface area contributed by atoms with Crippen molar-refractivity contribution in [2.24, 2.45) is 5.73 Å². The van der Waals surface area contributed by atoms with Crippen LogP contribution in [0.25, 0.3) is 11.4 Å². The number of anilines is 2. The van der Waals surface area contributed by atoms with Crippen LogP contribution in [0.2, 0.25) is 0 Å². The lowest BCUT2D eigenvalue weighted by Gasteiger charge is -2.18. The maximum absolute atomic E-state index is 12.9. The van der Waals surface area contributed by atoms with Crippen molar-refractivity contribution in [3.63, 3.8) is 0 Å². The van der Waals surface area contributed by atoms with E-state index >= 15 is 0 Å². The van der Waals surface area contributed by atoms with Gasteiger partial charge in [-0.3, -0.25) is 14.5 Å². The zero-order valence-corrected chi connectivity index (χ0v) is 16.5. The fraction of sp³-hybridized carbons (Fsp3) is 0.217. The van der Waals surface area contributed by atoms with Crippen molar-refractivity contribution in [3.05, 3.63) is 70.9 Å². The SMILES string of the molecule is CCCc1cccc(N2C(=O)Cc3c(C(N)=O)nc(-c4ccc(C)cc4)nc32)c1. The van der Waals surface area contributed by atoms with Crippen molar-refractivity contribution in [2.45, 2.75) is 33.1 Å². The number of nitrogens with two attached hydrogens (primary N) is 1. The number of hydrogen-bond donors (Lipinski definition) is 1. The number of carbonyl (C=O) groups excluding carboxylic acids is 2. The van der Waals surface area contributed by atoms with E-state index in [1.165, 1.54) is 0 Å². The summed E-state index contributed by atoms with van der Waals surface area (Å²) in [7, 11) is 0. The highest BCUT2D eigenvalue weighted by atomic mass is 16.2. The third kappa shape index (κ3) is 3.49. The fourth-order valence-electron chi connectivity index (χ4n) is 3.61. The van der Waals surface area contributed by atoms with Gasteiger partial charge in [0.1, 0.15) is 11.5 Å². The van der Waals surface area contributed by atoms with E-state index in [-0.39, 0.29) is 18.0 Å². The molecule has 0 atom stereocenters. The average molecular weight is 386 g/mol. The monoisotopic (exact) mass is 386 g/mol. The molecule has 1 aliphatic heterocycles. The van der Waals surface area contributed by atoms with Crippen molar-refractivity contribution in [3.8, 4) is 11.4 Å². The Labute approximate surface area is 169 Å². The van der Waals surface area contributed by atoms with Crippen LogP contribution in [-0.2, 0) is 17.6 Å². The van der Waals surface area contributed by atoms with Gasteiger partial charge in [0.15, 0.2) is 5.82 Å². The van der Waals surface area contributed by atoms with Gasteiger partial charge in [0.05, 0.1) is 12.1 Å². The van der Waals surface area contributed by atoms with E-state index in [9.17, 15) is 9.59 Å². The van der Waals surface area contributed by atoms with E-state index in [1.54, 1.807) is 4.90 Å². The van der Waals surface area contributed by atoms with Gasteiger partial charge < -0.3 is 5.73 Å². The molecule has 4 rings (SSSR count). The minimum atomic E-state index is -0.661. The Balaban J connectivity index is 1.88. The molecule has 0 saturated heterocycles. The third-order valence-electron chi connectivity index (χ3n) is 5.03. The minimum Gasteiger partial charge on any atom is -0.364 e. The molecule has 2 heterocycles. The maximum Gasteiger partial charge on any atom is 0.267 e. The minimum absolute atomic E-state index is 0.0553. The Morgan fingerprint density at radius 2 is 1.90 bits per heavy atom. The Morgan fingerprint density at radius 1 is 1.14 bits per heavy atom. The molecular weight excluding hydrogens is 364 g/mol. The topological polar surface area (TPSA) is 89.2 Å². The number of hydrogen-bond acceptors (Lipinski definition) is 4. The second-order valence-electron chi connectivity index (χ2n) is 7.25. The van der Waals surface area contributed by atoms with Crippen molar-refractivity contribution >= 4 is 23.3 Å². The van der Waals surface area contributed by atoms with Gasteiger partial charge in [-0.15, -0.1) is 0 Å². The summed E-state index contributed by atoms with van der Waals surface area (Å²) in [6.07, 6.45) is 1.99. The van der Waals surface area contributed by atoms with Gasteiger partial charge in [0, 0.05) is 11.1 Å². The van der Waals surface area contributed by atoms with Gasteiger partial charge in [-0.1, -0.05) is 55.3 Å². The van der Waals surface area contributed by atoms with Gasteiger partial charge in [0.2, 0.25) is 5.91 Å². The molecule has 6 heteroatoms. The Bertz CT molecular complexity index is 1110. The van der Waals surface area contributed by atoms with E-state index in [2.05, 4.69) is 16.9 Å². The highest BCUT2D eigenvalue weighted by Crippen LogP contribution is 2.37. The first-order valence-electron chi connectivity index (χ1n) is 9.67. The third-order valence-corrected chi connectivity index (χ3v) is 5.03. The quantitative estimate of drug-likeness (QED) is 0.724. The fourth-order valence-corrected chi connectivity index (χ4v) is 3.61. The largest absolute Gasteiger partial charge is 0.364 e. The predicted molar refractivity (Wildman–Crippen MR) is 112 cm³/mol. The number of aryl methyl sites for hydroxylation is 2. The second-order valence-corrected chi connectivity index (χ2v) is 7.25. The number of nitrogens with zero attached hydrogens (tertiary/aromatic N) is 3. The van der Waals surface area contributed by atoms with Gasteiger partial charge in [-0.05, 0) is 31.0 Å². The summed E-state index contributed by atoms with van der Waals surface area (Å²) in [5.41, 5.74) is 9.94. The molecule has 1 aliphatic rings. The maximum atomic E-state index is 12.9. The van der Waals surface area contributed by atoms with E-state index in [4.69, 9.17) is 5.73 Å². The van der Waals surface area contributed by atoms with Crippen molar-refractivity contribution in [1.82, 2.24) is 9.97 Å². The molecule has 3 aromatic rings. The Kier molecular flexibility index (Phi) is 4.84. The molecule has 2 aromatic carbocycles. The Hall–Kier alpha value is -3.54. The molecule has 0 aliphatic carbocycles. The van der Waals surface area contributed by atoms with Gasteiger partial charge in [-0.2, -0.15) is 0 Å². The predicted octanol–water partition coefficient (Wildman–Crippen LogP) is 3.72. The molecular formula is C23H22N4O2. The summed E-state index contributed by atoms with van der Waals surface area (Å²) in [6.45, 7) is 4.11. The van der Waals surface area contributed by atoms with Crippen molar-refractivity contribution < 1.29 is 9.59 Å². The standard InChI is InChI=1S/C23H22N4O2/c1-3-5-15-6-4-7-17(12-15)27-19(28)13-18-20(21(24)29)25-22(26-23(18)27)16-10-8-14(2)9-11-16/h4,6-12H,3,5,13H2,1-2H3,(H2,24,29). The van der Waals surface area contributed by atoms with E-state index in [0.29, 0.717) is 17.2 Å². The number of amides is 2. The first-order chi connectivity index (χ1) is 14.0. The molecule has 29 heavy (non-hydrogen) atoms. The van der Waals surface area contributed by atoms with Crippen LogP contribution in [0.1, 0.15) is 40.5 Å². The lowest BCUT2D eigenvalue weighted by molar-refractivity contribution is -0.116. The van der Waals surface area contributed by atoms with Crippen LogP contribution in [0.15, 0.2) is 48.5 Å². The molecule has 2 N–H and O–H groups in total. The molecule has 0 saturated carbocycles. The molecule has 0 unspecified atom stereocenters. The smallest absolute Gasteiger partial charge is 0.267 e. The van der Waals surface area contributed by atoms with Gasteiger partial charge in [0.25, 0.3) is 5.91 Å². The number of aromatic nitrogens is 2. The number of fused-ring (bicyclic) bond motifs is 1. The van der Waals surface area contributed by atoms with Crippen molar-refractivity contribution in [2.75, 3.05) is 4.90 Å². The number of primary amides is 1. The molecule has 6 nitrogen and oxygen atoms in total. The molecule has 146 valence electrons. The zero-order chi connectivity index (χ0) is 20.5. The summed E-state index contributed by atoms with van der Waals surface area (Å²) in [5, 5.41) is 0. The van der Waals surface area contributed by atoms with Crippen LogP contribution in [-0.4, -0.2) is 21.8 Å². The number of benzene rings is 2. The van der Waals surface area contributed by atoms with Crippen LogP contribution in [0.5, 0.6) is 0 Å². The normalized spacial score (nSPS) is 12.9. The zero-order valence-electron chi connectivity index (χ0n) is 16.5. The van der Waals surface area contributed by atoms with Crippen LogP contribution in [0, 0.1) is 6.92 Å². The molecule has 0 spiro atoms. The number of carbonyl (C=O) groups is 2. The van der Waals surface area contributed by atoms with Crippen LogP contribution >= 0.6 is 0 Å². The first kappa shape index (κ1) is 18.8. The van der Waals surface area contributed by atoms with Crippen LogP contribution in [0.3, 0.4) is 0 Å². The molecule has 0 bridgehead atoms. The lowest BCUT2D eigenvalue weighted by atomic mass is 10.1. The summed E-state index contributed by atoms with van der Waals surface area (Å²) in [4.78, 5) is 35.6. The molecule has 2 amide bonds. The van der Waals surface area contributed by atoms with Gasteiger partial charge in [-0.25, -0.2) is 9.97 Å². The van der Waals surface area contributed by atoms with E-state index in [1.807, 2.05) is 55.5 Å². The summed E-state index contributed by atoms with van der Waals surface area (Å²) >= 11 is 0. The molecule has 1 aromatic heterocycles. The molecule has 0 fully saturated rings.